The second-order valence-electron chi connectivity index (χ2n) is 6.82. The van der Waals surface area contributed by atoms with Crippen LogP contribution in [0.15, 0.2) is 72.9 Å². The van der Waals surface area contributed by atoms with E-state index in [1.54, 1.807) is 36.5 Å². The van der Waals surface area contributed by atoms with Crippen molar-refractivity contribution in [1.82, 2.24) is 19.9 Å². The Bertz CT molecular complexity index is 1140. The molecular weight excluding hydrogens is 400 g/mol. The first-order chi connectivity index (χ1) is 14.6. The summed E-state index contributed by atoms with van der Waals surface area (Å²) in [6, 6.07) is 20.1. The number of pyridine rings is 1. The fraction of sp³-hybridized carbons (Fsp3) is 0.174. The lowest BCUT2D eigenvalue weighted by Crippen LogP contribution is -2.29. The van der Waals surface area contributed by atoms with Gasteiger partial charge in [-0.3, -0.25) is 9.78 Å². The molecule has 0 radical (unpaired) electrons. The number of nitrogens with one attached hydrogen (secondary N) is 1. The molecule has 0 aliphatic heterocycles. The molecule has 2 aromatic carbocycles. The van der Waals surface area contributed by atoms with Crippen LogP contribution in [0.4, 0.5) is 0 Å². The van der Waals surface area contributed by atoms with Gasteiger partial charge in [0, 0.05) is 11.2 Å². The maximum Gasteiger partial charge on any atom is 0.270 e. The van der Waals surface area contributed by atoms with Crippen LogP contribution in [0.1, 0.15) is 29.3 Å². The molecule has 0 aliphatic rings. The molecule has 4 rings (SSSR count). The molecule has 2 heterocycles. The molecule has 2 aromatic heterocycles. The monoisotopic (exact) mass is 420 g/mol. The standard InChI is InChI=1S/C23H21ClN4O2/c1-16(26-23(29)20-7-4-5-13-25-20)22-27-19-6-2-3-8-21(19)28(22)14-15-30-18-11-9-17(24)10-12-18/h2-13,16H,14-15H2,1H3,(H,26,29). The van der Waals surface area contributed by atoms with Crippen molar-refractivity contribution in [2.75, 3.05) is 6.61 Å². The highest BCUT2D eigenvalue weighted by molar-refractivity contribution is 6.30. The number of hydrogen-bond donors (Lipinski definition) is 1. The molecule has 0 bridgehead atoms. The van der Waals surface area contributed by atoms with Gasteiger partial charge in [0.05, 0.1) is 23.6 Å². The number of aromatic nitrogens is 3. The zero-order valence-corrected chi connectivity index (χ0v) is 17.2. The van der Waals surface area contributed by atoms with Crippen molar-refractivity contribution in [3.05, 3.63) is 89.5 Å². The summed E-state index contributed by atoms with van der Waals surface area (Å²) in [7, 11) is 0. The molecule has 30 heavy (non-hydrogen) atoms. The van der Waals surface area contributed by atoms with Crippen molar-refractivity contribution in [2.45, 2.75) is 19.5 Å². The third-order valence-corrected chi connectivity index (χ3v) is 4.97. The van der Waals surface area contributed by atoms with Crippen LogP contribution in [-0.4, -0.2) is 27.0 Å². The average Bonchev–Trinajstić information content (AvgIpc) is 3.14. The van der Waals surface area contributed by atoms with E-state index < -0.39 is 0 Å². The van der Waals surface area contributed by atoms with E-state index >= 15 is 0 Å². The van der Waals surface area contributed by atoms with Crippen LogP contribution in [0.25, 0.3) is 11.0 Å². The highest BCUT2D eigenvalue weighted by atomic mass is 35.5. The van der Waals surface area contributed by atoms with Gasteiger partial charge in [0.25, 0.3) is 5.91 Å². The summed E-state index contributed by atoms with van der Waals surface area (Å²) in [5.74, 6) is 1.28. The van der Waals surface area contributed by atoms with Gasteiger partial charge in [0.15, 0.2) is 0 Å². The van der Waals surface area contributed by atoms with Crippen molar-refractivity contribution in [2.24, 2.45) is 0 Å². The van der Waals surface area contributed by atoms with Crippen molar-refractivity contribution < 1.29 is 9.53 Å². The Morgan fingerprint density at radius 1 is 1.10 bits per heavy atom. The van der Waals surface area contributed by atoms with Gasteiger partial charge in [-0.15, -0.1) is 0 Å². The fourth-order valence-corrected chi connectivity index (χ4v) is 3.40. The highest BCUT2D eigenvalue weighted by Crippen LogP contribution is 2.22. The maximum absolute atomic E-state index is 12.5. The van der Waals surface area contributed by atoms with Gasteiger partial charge in [-0.05, 0) is 55.5 Å². The molecule has 0 saturated carbocycles. The van der Waals surface area contributed by atoms with Gasteiger partial charge in [-0.1, -0.05) is 29.8 Å². The van der Waals surface area contributed by atoms with E-state index in [0.717, 1.165) is 22.6 Å². The van der Waals surface area contributed by atoms with Crippen LogP contribution < -0.4 is 10.1 Å². The first-order valence-electron chi connectivity index (χ1n) is 9.67. The number of rotatable bonds is 7. The molecule has 152 valence electrons. The number of ether oxygens (including phenoxy) is 1. The van der Waals surface area contributed by atoms with E-state index in [-0.39, 0.29) is 11.9 Å². The Labute approximate surface area is 179 Å². The topological polar surface area (TPSA) is 69.0 Å². The Morgan fingerprint density at radius 3 is 2.63 bits per heavy atom. The van der Waals surface area contributed by atoms with Crippen molar-refractivity contribution >= 4 is 28.5 Å². The van der Waals surface area contributed by atoms with Crippen LogP contribution in [0.5, 0.6) is 5.75 Å². The normalized spacial score (nSPS) is 11.9. The van der Waals surface area contributed by atoms with Crippen molar-refractivity contribution in [3.8, 4) is 5.75 Å². The van der Waals surface area contributed by atoms with E-state index in [1.807, 2.05) is 43.3 Å². The quantitative estimate of drug-likeness (QED) is 0.472. The predicted octanol–water partition coefficient (Wildman–Crippen LogP) is 4.65. The second-order valence-corrected chi connectivity index (χ2v) is 7.26. The molecule has 1 amide bonds. The average molecular weight is 421 g/mol. The van der Waals surface area contributed by atoms with Gasteiger partial charge in [-0.25, -0.2) is 4.98 Å². The van der Waals surface area contributed by atoms with E-state index in [1.165, 1.54) is 0 Å². The molecule has 1 unspecified atom stereocenters. The van der Waals surface area contributed by atoms with E-state index in [4.69, 9.17) is 21.3 Å². The number of para-hydroxylation sites is 2. The van der Waals surface area contributed by atoms with Crippen molar-refractivity contribution in [1.29, 1.82) is 0 Å². The SMILES string of the molecule is CC(NC(=O)c1ccccn1)c1nc2ccccc2n1CCOc1ccc(Cl)cc1. The molecule has 6 nitrogen and oxygen atoms in total. The molecule has 4 aromatic rings. The lowest BCUT2D eigenvalue weighted by atomic mass is 10.2. The Kier molecular flexibility index (Phi) is 5.95. The molecule has 0 fully saturated rings. The van der Waals surface area contributed by atoms with E-state index in [2.05, 4.69) is 14.9 Å². The van der Waals surface area contributed by atoms with Gasteiger partial charge in [-0.2, -0.15) is 0 Å². The lowest BCUT2D eigenvalue weighted by Gasteiger charge is -2.16. The minimum atomic E-state index is -0.303. The third kappa shape index (κ3) is 4.44. The lowest BCUT2D eigenvalue weighted by molar-refractivity contribution is 0.0932. The third-order valence-electron chi connectivity index (χ3n) is 4.71. The molecule has 0 saturated heterocycles. The molecule has 0 aliphatic carbocycles. The number of carbonyl (C=O) groups is 1. The number of nitrogens with zero attached hydrogens (tertiary/aromatic N) is 3. The van der Waals surface area contributed by atoms with E-state index in [9.17, 15) is 4.79 Å². The van der Waals surface area contributed by atoms with Crippen LogP contribution in [0.2, 0.25) is 5.02 Å². The van der Waals surface area contributed by atoms with Crippen LogP contribution in [0, 0.1) is 0 Å². The van der Waals surface area contributed by atoms with Crippen LogP contribution >= 0.6 is 11.6 Å². The molecule has 0 spiro atoms. The summed E-state index contributed by atoms with van der Waals surface area (Å²) in [4.78, 5) is 21.4. The van der Waals surface area contributed by atoms with Crippen LogP contribution in [0.3, 0.4) is 0 Å². The Balaban J connectivity index is 1.53. The number of amides is 1. The number of fused-ring (bicyclic) bond motifs is 1. The molecule has 1 atom stereocenters. The second kappa shape index (κ2) is 8.97. The minimum Gasteiger partial charge on any atom is -0.492 e. The maximum atomic E-state index is 12.5. The van der Waals surface area contributed by atoms with Crippen LogP contribution in [-0.2, 0) is 6.54 Å². The van der Waals surface area contributed by atoms with Gasteiger partial charge < -0.3 is 14.6 Å². The number of hydrogen-bond acceptors (Lipinski definition) is 4. The number of benzene rings is 2. The first-order valence-corrected chi connectivity index (χ1v) is 10.0. The molecule has 1 N–H and O–H groups in total. The summed E-state index contributed by atoms with van der Waals surface area (Å²) < 4.78 is 7.94. The largest absolute Gasteiger partial charge is 0.492 e. The predicted molar refractivity (Wildman–Crippen MR) is 117 cm³/mol. The number of imidazole rings is 1. The Hall–Kier alpha value is -3.38. The highest BCUT2D eigenvalue weighted by Gasteiger charge is 2.19. The summed E-state index contributed by atoms with van der Waals surface area (Å²) in [5.41, 5.74) is 2.24. The zero-order chi connectivity index (χ0) is 20.9. The van der Waals surface area contributed by atoms with Gasteiger partial charge in [0.1, 0.15) is 23.9 Å². The summed E-state index contributed by atoms with van der Waals surface area (Å²) >= 11 is 5.93. The summed E-state index contributed by atoms with van der Waals surface area (Å²) in [5, 5.41) is 3.66. The van der Waals surface area contributed by atoms with E-state index in [0.29, 0.717) is 23.9 Å². The number of halogens is 1. The summed E-state index contributed by atoms with van der Waals surface area (Å²) in [6.45, 7) is 2.96. The number of carbonyl (C=O) groups excluding carboxylic acids is 1. The smallest absolute Gasteiger partial charge is 0.270 e. The van der Waals surface area contributed by atoms with Crippen molar-refractivity contribution in [3.63, 3.8) is 0 Å². The first kappa shape index (κ1) is 19.9. The Morgan fingerprint density at radius 2 is 1.87 bits per heavy atom. The van der Waals surface area contributed by atoms with Gasteiger partial charge >= 0.3 is 0 Å². The molecular formula is C23H21ClN4O2. The molecule has 7 heteroatoms. The fourth-order valence-electron chi connectivity index (χ4n) is 3.28. The zero-order valence-electron chi connectivity index (χ0n) is 16.5. The van der Waals surface area contributed by atoms with Gasteiger partial charge in [0.2, 0.25) is 0 Å². The minimum absolute atomic E-state index is 0.237. The summed E-state index contributed by atoms with van der Waals surface area (Å²) in [6.07, 6.45) is 1.60.